The monoisotopic (exact) mass is 331 g/mol. The van der Waals surface area contributed by atoms with Crippen LogP contribution < -0.4 is 20.7 Å². The summed E-state index contributed by atoms with van der Waals surface area (Å²) >= 11 is 0. The van der Waals surface area contributed by atoms with Crippen molar-refractivity contribution in [3.63, 3.8) is 0 Å². The maximum absolute atomic E-state index is 13.7. The molecule has 0 atom stereocenters. The molecule has 3 N–H and O–H groups in total. The van der Waals surface area contributed by atoms with Crippen molar-refractivity contribution < 1.29 is 18.7 Å². The zero-order valence-electron chi connectivity index (χ0n) is 13.4. The molecule has 0 heterocycles. The van der Waals surface area contributed by atoms with Gasteiger partial charge >= 0.3 is 0 Å². The number of benzene rings is 2. The number of amides is 2. The van der Waals surface area contributed by atoms with Crippen molar-refractivity contribution in [1.29, 1.82) is 0 Å². The molecule has 7 heteroatoms. The van der Waals surface area contributed by atoms with E-state index in [0.717, 1.165) is 0 Å². The smallest absolute Gasteiger partial charge is 0.243 e. The Morgan fingerprint density at radius 3 is 2.33 bits per heavy atom. The highest BCUT2D eigenvalue weighted by molar-refractivity contribution is 5.94. The summed E-state index contributed by atoms with van der Waals surface area (Å²) in [5.74, 6) is -0.418. The summed E-state index contributed by atoms with van der Waals surface area (Å²) in [5.41, 5.74) is 1.18. The van der Waals surface area contributed by atoms with E-state index in [9.17, 15) is 14.0 Å². The predicted octanol–water partition coefficient (Wildman–Crippen LogP) is 2.84. The first-order valence-corrected chi connectivity index (χ1v) is 7.23. The molecule has 0 spiro atoms. The Balaban J connectivity index is 1.94. The number of hydrogen-bond acceptors (Lipinski definition) is 4. The van der Waals surface area contributed by atoms with Gasteiger partial charge in [-0.2, -0.15) is 0 Å². The molecule has 0 unspecified atom stereocenters. The van der Waals surface area contributed by atoms with E-state index >= 15 is 0 Å². The lowest BCUT2D eigenvalue weighted by Gasteiger charge is -2.11. The molecule has 2 amide bonds. The molecule has 2 aromatic carbocycles. The summed E-state index contributed by atoms with van der Waals surface area (Å²) in [6, 6.07) is 10.9. The molecule has 0 aliphatic heterocycles. The first-order chi connectivity index (χ1) is 11.5. The maximum atomic E-state index is 13.7. The van der Waals surface area contributed by atoms with Crippen LogP contribution in [0.5, 0.6) is 5.75 Å². The van der Waals surface area contributed by atoms with Gasteiger partial charge in [0.05, 0.1) is 19.3 Å². The van der Waals surface area contributed by atoms with Gasteiger partial charge in [0.25, 0.3) is 0 Å². The number of anilines is 3. The van der Waals surface area contributed by atoms with E-state index in [0.29, 0.717) is 17.1 Å². The number of rotatable bonds is 6. The number of carbonyl (C=O) groups excluding carboxylic acids is 2. The molecular formula is C17H18FN3O3. The van der Waals surface area contributed by atoms with Crippen LogP contribution in [0.3, 0.4) is 0 Å². The van der Waals surface area contributed by atoms with Gasteiger partial charge in [0, 0.05) is 18.3 Å². The van der Waals surface area contributed by atoms with Crippen molar-refractivity contribution >= 4 is 28.9 Å². The molecule has 0 aliphatic carbocycles. The lowest BCUT2D eigenvalue weighted by Crippen LogP contribution is -2.22. The summed E-state index contributed by atoms with van der Waals surface area (Å²) in [5, 5.41) is 7.94. The Morgan fingerprint density at radius 1 is 1.04 bits per heavy atom. The molecule has 0 fully saturated rings. The third-order valence-electron chi connectivity index (χ3n) is 3.10. The van der Waals surface area contributed by atoms with Crippen LogP contribution in [0.25, 0.3) is 0 Å². The van der Waals surface area contributed by atoms with Crippen molar-refractivity contribution in [2.24, 2.45) is 0 Å². The summed E-state index contributed by atoms with van der Waals surface area (Å²) in [7, 11) is 1.56. The highest BCUT2D eigenvalue weighted by atomic mass is 19.1. The second-order valence-electron chi connectivity index (χ2n) is 5.01. The Morgan fingerprint density at radius 2 is 1.71 bits per heavy atom. The van der Waals surface area contributed by atoms with Crippen LogP contribution >= 0.6 is 0 Å². The highest BCUT2D eigenvalue weighted by Gasteiger charge is 2.07. The van der Waals surface area contributed by atoms with E-state index in [1.165, 1.54) is 25.1 Å². The van der Waals surface area contributed by atoms with Gasteiger partial charge in [-0.05, 0) is 42.5 Å². The fraction of sp³-hybridized carbons (Fsp3) is 0.176. The van der Waals surface area contributed by atoms with Crippen LogP contribution in [0.15, 0.2) is 42.5 Å². The van der Waals surface area contributed by atoms with Gasteiger partial charge in [0.2, 0.25) is 11.8 Å². The normalized spacial score (nSPS) is 9.96. The van der Waals surface area contributed by atoms with E-state index < -0.39 is 5.82 Å². The molecule has 126 valence electrons. The molecule has 6 nitrogen and oxygen atoms in total. The minimum atomic E-state index is -0.513. The summed E-state index contributed by atoms with van der Waals surface area (Å²) < 4.78 is 18.8. The zero-order valence-corrected chi connectivity index (χ0v) is 13.4. The van der Waals surface area contributed by atoms with Crippen molar-refractivity contribution in [1.82, 2.24) is 0 Å². The summed E-state index contributed by atoms with van der Waals surface area (Å²) in [4.78, 5) is 22.9. The van der Waals surface area contributed by atoms with Gasteiger partial charge in [0.1, 0.15) is 11.6 Å². The molecule has 0 radical (unpaired) electrons. The summed E-state index contributed by atoms with van der Waals surface area (Å²) in [6.07, 6.45) is 0. The first-order valence-electron chi connectivity index (χ1n) is 7.23. The molecule has 0 saturated carbocycles. The minimum absolute atomic E-state index is 0.119. The molecule has 0 aliphatic rings. The van der Waals surface area contributed by atoms with Crippen LogP contribution in [-0.4, -0.2) is 25.5 Å². The maximum Gasteiger partial charge on any atom is 0.243 e. The predicted molar refractivity (Wildman–Crippen MR) is 90.8 cm³/mol. The number of ether oxygens (including phenoxy) is 1. The van der Waals surface area contributed by atoms with Gasteiger partial charge in [-0.15, -0.1) is 0 Å². The Kier molecular flexibility index (Phi) is 5.73. The van der Waals surface area contributed by atoms with Gasteiger partial charge in [0.15, 0.2) is 0 Å². The largest absolute Gasteiger partial charge is 0.497 e. The number of halogens is 1. The van der Waals surface area contributed by atoms with Crippen molar-refractivity contribution in [2.75, 3.05) is 29.6 Å². The third kappa shape index (κ3) is 4.98. The van der Waals surface area contributed by atoms with Crippen LogP contribution in [0.4, 0.5) is 21.5 Å². The van der Waals surface area contributed by atoms with E-state index in [1.807, 2.05) is 0 Å². The molecule has 0 bridgehead atoms. The number of methoxy groups -OCH3 is 1. The fourth-order valence-corrected chi connectivity index (χ4v) is 2.00. The molecule has 2 rings (SSSR count). The fourth-order valence-electron chi connectivity index (χ4n) is 2.00. The van der Waals surface area contributed by atoms with E-state index in [4.69, 9.17) is 4.74 Å². The van der Waals surface area contributed by atoms with Gasteiger partial charge in [-0.1, -0.05) is 0 Å². The van der Waals surface area contributed by atoms with E-state index in [-0.39, 0.29) is 24.0 Å². The average Bonchev–Trinajstić information content (AvgIpc) is 2.55. The minimum Gasteiger partial charge on any atom is -0.497 e. The van der Waals surface area contributed by atoms with Crippen molar-refractivity contribution in [3.05, 3.63) is 48.3 Å². The standard InChI is InChI=1S/C17H18FN3O3/c1-11(22)20-13-5-8-15(18)16(9-13)19-10-17(23)21-12-3-6-14(24-2)7-4-12/h3-9,19H,10H2,1-2H3,(H,20,22)(H,21,23). The molecule has 0 saturated heterocycles. The molecule has 2 aromatic rings. The molecular weight excluding hydrogens is 313 g/mol. The number of nitrogens with one attached hydrogen (secondary N) is 3. The Hall–Kier alpha value is -3.09. The van der Waals surface area contributed by atoms with E-state index in [1.54, 1.807) is 31.4 Å². The quantitative estimate of drug-likeness (QED) is 0.760. The Labute approximate surface area is 139 Å². The lowest BCUT2D eigenvalue weighted by molar-refractivity contribution is -0.115. The number of hydrogen-bond donors (Lipinski definition) is 3. The number of carbonyl (C=O) groups is 2. The SMILES string of the molecule is COc1ccc(NC(=O)CNc2cc(NC(C)=O)ccc2F)cc1. The second-order valence-corrected chi connectivity index (χ2v) is 5.01. The summed E-state index contributed by atoms with van der Waals surface area (Å²) in [6.45, 7) is 1.24. The second kappa shape index (κ2) is 7.96. The van der Waals surface area contributed by atoms with Crippen LogP contribution in [0, 0.1) is 5.82 Å². The Bertz CT molecular complexity index is 732. The van der Waals surface area contributed by atoms with Crippen molar-refractivity contribution in [2.45, 2.75) is 6.92 Å². The van der Waals surface area contributed by atoms with Gasteiger partial charge < -0.3 is 20.7 Å². The van der Waals surface area contributed by atoms with E-state index in [2.05, 4.69) is 16.0 Å². The third-order valence-corrected chi connectivity index (χ3v) is 3.10. The topological polar surface area (TPSA) is 79.5 Å². The van der Waals surface area contributed by atoms with Crippen LogP contribution in [-0.2, 0) is 9.59 Å². The van der Waals surface area contributed by atoms with Crippen LogP contribution in [0.2, 0.25) is 0 Å². The first kappa shape index (κ1) is 17.3. The molecule has 24 heavy (non-hydrogen) atoms. The molecule has 0 aromatic heterocycles. The average molecular weight is 331 g/mol. The lowest BCUT2D eigenvalue weighted by atomic mass is 10.2. The van der Waals surface area contributed by atoms with Gasteiger partial charge in [-0.25, -0.2) is 4.39 Å². The van der Waals surface area contributed by atoms with Crippen molar-refractivity contribution in [3.8, 4) is 5.75 Å². The zero-order chi connectivity index (χ0) is 17.5. The highest BCUT2D eigenvalue weighted by Crippen LogP contribution is 2.20. The van der Waals surface area contributed by atoms with Crippen LogP contribution in [0.1, 0.15) is 6.92 Å². The van der Waals surface area contributed by atoms with Gasteiger partial charge in [-0.3, -0.25) is 9.59 Å².